The maximum Gasteiger partial charge on any atom is 0.163 e. The van der Waals surface area contributed by atoms with E-state index in [4.69, 9.17) is 9.57 Å². The topological polar surface area (TPSA) is 59.0 Å². The van der Waals surface area contributed by atoms with Gasteiger partial charge in [0.2, 0.25) is 0 Å². The van der Waals surface area contributed by atoms with Crippen LogP contribution >= 0.6 is 0 Å². The van der Waals surface area contributed by atoms with Crippen molar-refractivity contribution in [3.8, 4) is 0 Å². The van der Waals surface area contributed by atoms with E-state index >= 15 is 0 Å². The molecule has 2 aliphatic heterocycles. The van der Waals surface area contributed by atoms with Crippen molar-refractivity contribution in [1.29, 1.82) is 0 Å². The standard InChI is InChI=1S/C16H21NO4/c1-16(2)12-10-20-17(8-11-6-4-3-5-7-11)14(15(12)19)13(9-18)21-16/h3-7,12-14,18H,8-10H2,1-2H3/t12-,13-,14-/m1/s1. The summed E-state index contributed by atoms with van der Waals surface area (Å²) >= 11 is 0. The van der Waals surface area contributed by atoms with Gasteiger partial charge in [0.1, 0.15) is 12.1 Å². The number of fused-ring (bicyclic) bond motifs is 2. The molecule has 3 atom stereocenters. The van der Waals surface area contributed by atoms with Gasteiger partial charge in [0.15, 0.2) is 5.78 Å². The highest BCUT2D eigenvalue weighted by Gasteiger charge is 2.54. The van der Waals surface area contributed by atoms with Crippen LogP contribution in [0.25, 0.3) is 0 Å². The fourth-order valence-corrected chi connectivity index (χ4v) is 3.17. The second-order valence-electron chi connectivity index (χ2n) is 6.20. The van der Waals surface area contributed by atoms with Crippen molar-refractivity contribution in [3.63, 3.8) is 0 Å². The van der Waals surface area contributed by atoms with Gasteiger partial charge in [0.05, 0.1) is 31.3 Å². The lowest BCUT2D eigenvalue weighted by Gasteiger charge is -2.51. The molecule has 5 heteroatoms. The van der Waals surface area contributed by atoms with E-state index in [1.807, 2.05) is 44.2 Å². The summed E-state index contributed by atoms with van der Waals surface area (Å²) in [5.41, 5.74) is 0.463. The van der Waals surface area contributed by atoms with Gasteiger partial charge in [-0.15, -0.1) is 0 Å². The van der Waals surface area contributed by atoms with E-state index in [-0.39, 0.29) is 18.3 Å². The maximum atomic E-state index is 12.7. The van der Waals surface area contributed by atoms with Crippen LogP contribution in [0.3, 0.4) is 0 Å². The predicted molar refractivity (Wildman–Crippen MR) is 76.3 cm³/mol. The molecule has 0 spiro atoms. The van der Waals surface area contributed by atoms with Gasteiger partial charge in [0, 0.05) is 0 Å². The zero-order valence-corrected chi connectivity index (χ0v) is 12.4. The van der Waals surface area contributed by atoms with Gasteiger partial charge < -0.3 is 9.84 Å². The van der Waals surface area contributed by atoms with Crippen LogP contribution in [0, 0.1) is 5.92 Å². The lowest BCUT2D eigenvalue weighted by Crippen LogP contribution is -2.67. The third kappa shape index (κ3) is 2.62. The van der Waals surface area contributed by atoms with E-state index in [1.165, 1.54) is 0 Å². The molecule has 1 aromatic carbocycles. The third-order valence-corrected chi connectivity index (χ3v) is 4.36. The van der Waals surface area contributed by atoms with Gasteiger partial charge in [-0.3, -0.25) is 9.63 Å². The average Bonchev–Trinajstić information content (AvgIpc) is 2.45. The van der Waals surface area contributed by atoms with E-state index < -0.39 is 17.7 Å². The summed E-state index contributed by atoms with van der Waals surface area (Å²) in [6, 6.07) is 9.29. The van der Waals surface area contributed by atoms with Gasteiger partial charge in [-0.25, -0.2) is 0 Å². The Kier molecular flexibility index (Phi) is 3.84. The molecular formula is C16H21NO4. The number of hydrogen-bond donors (Lipinski definition) is 1. The van der Waals surface area contributed by atoms with Crippen molar-refractivity contribution in [2.24, 2.45) is 5.92 Å². The number of rotatable bonds is 3. The van der Waals surface area contributed by atoms with Gasteiger partial charge in [-0.1, -0.05) is 30.3 Å². The highest BCUT2D eigenvalue weighted by molar-refractivity contribution is 5.89. The van der Waals surface area contributed by atoms with E-state index in [0.717, 1.165) is 5.56 Å². The first-order valence-electron chi connectivity index (χ1n) is 7.29. The van der Waals surface area contributed by atoms with Crippen LogP contribution in [-0.4, -0.2) is 46.9 Å². The zero-order valence-electron chi connectivity index (χ0n) is 12.4. The average molecular weight is 291 g/mol. The Morgan fingerprint density at radius 3 is 2.71 bits per heavy atom. The number of hydrogen-bond acceptors (Lipinski definition) is 5. The molecule has 1 aromatic rings. The monoisotopic (exact) mass is 291 g/mol. The zero-order chi connectivity index (χ0) is 15.0. The van der Waals surface area contributed by atoms with Crippen molar-refractivity contribution >= 4 is 5.78 Å². The molecule has 21 heavy (non-hydrogen) atoms. The number of nitrogens with zero attached hydrogens (tertiary/aromatic N) is 1. The molecule has 0 radical (unpaired) electrons. The van der Waals surface area contributed by atoms with Crippen molar-refractivity contribution in [2.45, 2.75) is 38.1 Å². The van der Waals surface area contributed by atoms with Gasteiger partial charge >= 0.3 is 0 Å². The third-order valence-electron chi connectivity index (χ3n) is 4.36. The van der Waals surface area contributed by atoms with Gasteiger partial charge in [-0.05, 0) is 19.4 Å². The molecule has 2 saturated heterocycles. The predicted octanol–water partition coefficient (Wildman–Crippen LogP) is 1.16. The molecule has 0 saturated carbocycles. The summed E-state index contributed by atoms with van der Waals surface area (Å²) in [6.07, 6.45) is -0.548. The molecule has 0 amide bonds. The van der Waals surface area contributed by atoms with E-state index in [0.29, 0.717) is 13.2 Å². The van der Waals surface area contributed by atoms with E-state index in [9.17, 15) is 9.90 Å². The lowest BCUT2D eigenvalue weighted by molar-refractivity contribution is -0.297. The number of benzene rings is 1. The van der Waals surface area contributed by atoms with Crippen LogP contribution in [-0.2, 0) is 20.9 Å². The Labute approximate surface area is 124 Å². The van der Waals surface area contributed by atoms with Crippen LogP contribution in [0.1, 0.15) is 19.4 Å². The van der Waals surface area contributed by atoms with Crippen molar-refractivity contribution in [1.82, 2.24) is 5.06 Å². The van der Waals surface area contributed by atoms with E-state index in [1.54, 1.807) is 5.06 Å². The van der Waals surface area contributed by atoms with Crippen LogP contribution < -0.4 is 0 Å². The highest BCUT2D eigenvalue weighted by atomic mass is 16.7. The fourth-order valence-electron chi connectivity index (χ4n) is 3.17. The number of ether oxygens (including phenoxy) is 1. The van der Waals surface area contributed by atoms with E-state index in [2.05, 4.69) is 0 Å². The summed E-state index contributed by atoms with van der Waals surface area (Å²) < 4.78 is 5.94. The van der Waals surface area contributed by atoms with Crippen LogP contribution in [0.15, 0.2) is 30.3 Å². The lowest BCUT2D eigenvalue weighted by atomic mass is 9.79. The molecular weight excluding hydrogens is 270 g/mol. The van der Waals surface area contributed by atoms with Gasteiger partial charge in [0.25, 0.3) is 0 Å². The number of Topliss-reactive ketones (excluding diaryl/α,β-unsaturated/α-hetero) is 1. The number of ketones is 1. The molecule has 2 fully saturated rings. The maximum absolute atomic E-state index is 12.7. The molecule has 2 heterocycles. The summed E-state index contributed by atoms with van der Waals surface area (Å²) in [5, 5.41) is 11.2. The second kappa shape index (κ2) is 5.50. The van der Waals surface area contributed by atoms with Crippen molar-refractivity contribution < 1.29 is 19.5 Å². The highest BCUT2D eigenvalue weighted by Crippen LogP contribution is 2.37. The van der Waals surface area contributed by atoms with Gasteiger partial charge in [-0.2, -0.15) is 5.06 Å². The smallest absolute Gasteiger partial charge is 0.163 e. The first-order chi connectivity index (χ1) is 10.0. The van der Waals surface area contributed by atoms with Crippen molar-refractivity contribution in [2.75, 3.05) is 13.2 Å². The number of carbonyl (C=O) groups is 1. The molecule has 0 aliphatic carbocycles. The molecule has 5 nitrogen and oxygen atoms in total. The van der Waals surface area contributed by atoms with Crippen LogP contribution in [0.4, 0.5) is 0 Å². The summed E-state index contributed by atoms with van der Waals surface area (Å²) in [7, 11) is 0. The second-order valence-corrected chi connectivity index (χ2v) is 6.20. The SMILES string of the molecule is CC1(C)O[C@H](CO)[C@@H]2C(=O)[C@H]1CON2Cc1ccccc1. The Morgan fingerprint density at radius 2 is 2.05 bits per heavy atom. The molecule has 114 valence electrons. The minimum atomic E-state index is -0.597. The molecule has 3 rings (SSSR count). The van der Waals surface area contributed by atoms with Crippen molar-refractivity contribution in [3.05, 3.63) is 35.9 Å². The van der Waals surface area contributed by atoms with Crippen LogP contribution in [0.5, 0.6) is 0 Å². The quantitative estimate of drug-likeness (QED) is 0.905. The normalized spacial score (nSPS) is 32.1. The fraction of sp³-hybridized carbons (Fsp3) is 0.562. The Balaban J connectivity index is 1.84. The molecule has 1 N–H and O–H groups in total. The molecule has 0 unspecified atom stereocenters. The Hall–Kier alpha value is -1.27. The van der Waals surface area contributed by atoms with Crippen LogP contribution in [0.2, 0.25) is 0 Å². The molecule has 2 bridgehead atoms. The molecule has 0 aromatic heterocycles. The molecule has 2 aliphatic rings. The summed E-state index contributed by atoms with van der Waals surface area (Å²) in [6.45, 7) is 4.40. The number of aliphatic hydroxyl groups is 1. The number of hydroxylamine groups is 2. The largest absolute Gasteiger partial charge is 0.394 e. The number of aliphatic hydroxyl groups excluding tert-OH is 1. The minimum Gasteiger partial charge on any atom is -0.394 e. The Bertz CT molecular complexity index is 516. The summed E-state index contributed by atoms with van der Waals surface area (Å²) in [4.78, 5) is 18.5. The number of carbonyl (C=O) groups excluding carboxylic acids is 1. The first-order valence-corrected chi connectivity index (χ1v) is 7.29. The first kappa shape index (κ1) is 14.7. The summed E-state index contributed by atoms with van der Waals surface area (Å²) in [5.74, 6) is -0.176. The minimum absolute atomic E-state index is 0.104. The Morgan fingerprint density at radius 1 is 1.33 bits per heavy atom.